The maximum atomic E-state index is 6.01. The van der Waals surface area contributed by atoms with E-state index in [9.17, 15) is 0 Å². The summed E-state index contributed by atoms with van der Waals surface area (Å²) in [6.45, 7) is 3.25. The minimum absolute atomic E-state index is 0.261. The molecular formula is C16H22ClNO. The van der Waals surface area contributed by atoms with Crippen molar-refractivity contribution in [2.45, 2.75) is 51.2 Å². The monoisotopic (exact) mass is 279 g/mol. The molecule has 2 aliphatic rings. The molecule has 1 aliphatic carbocycles. The SMILES string of the molecule is CC(NCC1Cc2cc(Cl)ccc2O1)C1CCCC1. The average molecular weight is 280 g/mol. The van der Waals surface area contributed by atoms with E-state index in [1.807, 2.05) is 18.2 Å². The van der Waals surface area contributed by atoms with Crippen molar-refractivity contribution in [1.82, 2.24) is 5.32 Å². The van der Waals surface area contributed by atoms with Gasteiger partial charge in [0.05, 0.1) is 0 Å². The summed E-state index contributed by atoms with van der Waals surface area (Å²) in [5.41, 5.74) is 1.24. The number of fused-ring (bicyclic) bond motifs is 1. The fourth-order valence-electron chi connectivity index (χ4n) is 3.34. The molecule has 0 spiro atoms. The lowest BCUT2D eigenvalue weighted by Crippen LogP contribution is -2.39. The van der Waals surface area contributed by atoms with E-state index in [4.69, 9.17) is 16.3 Å². The number of ether oxygens (including phenoxy) is 1. The Bertz CT molecular complexity index is 442. The minimum Gasteiger partial charge on any atom is -0.488 e. The summed E-state index contributed by atoms with van der Waals surface area (Å²) < 4.78 is 5.95. The molecule has 1 heterocycles. The van der Waals surface area contributed by atoms with Crippen LogP contribution in [0.5, 0.6) is 5.75 Å². The Morgan fingerprint density at radius 3 is 2.95 bits per heavy atom. The quantitative estimate of drug-likeness (QED) is 0.905. The van der Waals surface area contributed by atoms with Gasteiger partial charge in [0.15, 0.2) is 0 Å². The van der Waals surface area contributed by atoms with Crippen LogP contribution in [0.1, 0.15) is 38.2 Å². The van der Waals surface area contributed by atoms with Crippen molar-refractivity contribution in [2.24, 2.45) is 5.92 Å². The highest BCUT2D eigenvalue weighted by molar-refractivity contribution is 6.30. The van der Waals surface area contributed by atoms with E-state index < -0.39 is 0 Å². The molecular weight excluding hydrogens is 258 g/mol. The summed E-state index contributed by atoms with van der Waals surface area (Å²) in [4.78, 5) is 0. The first-order chi connectivity index (χ1) is 9.22. The van der Waals surface area contributed by atoms with Crippen molar-refractivity contribution >= 4 is 11.6 Å². The zero-order valence-corrected chi connectivity index (χ0v) is 12.2. The molecule has 2 unspecified atom stereocenters. The van der Waals surface area contributed by atoms with E-state index in [1.54, 1.807) is 0 Å². The smallest absolute Gasteiger partial charge is 0.123 e. The van der Waals surface area contributed by atoms with Gasteiger partial charge in [0.2, 0.25) is 0 Å². The second kappa shape index (κ2) is 5.72. The first-order valence-corrected chi connectivity index (χ1v) is 7.78. The number of benzene rings is 1. The van der Waals surface area contributed by atoms with Crippen molar-refractivity contribution < 1.29 is 4.74 Å². The highest BCUT2D eigenvalue weighted by Crippen LogP contribution is 2.31. The van der Waals surface area contributed by atoms with Crippen molar-refractivity contribution in [3.8, 4) is 5.75 Å². The Morgan fingerprint density at radius 1 is 1.37 bits per heavy atom. The zero-order valence-electron chi connectivity index (χ0n) is 11.5. The molecule has 0 radical (unpaired) electrons. The Labute approximate surface area is 120 Å². The minimum atomic E-state index is 0.261. The number of hydrogen-bond acceptors (Lipinski definition) is 2. The Morgan fingerprint density at radius 2 is 2.16 bits per heavy atom. The number of hydrogen-bond donors (Lipinski definition) is 1. The van der Waals surface area contributed by atoms with Crippen LogP contribution >= 0.6 is 11.6 Å². The topological polar surface area (TPSA) is 21.3 Å². The summed E-state index contributed by atoms with van der Waals surface area (Å²) in [6.07, 6.45) is 6.81. The van der Waals surface area contributed by atoms with Crippen LogP contribution in [0.3, 0.4) is 0 Å². The van der Waals surface area contributed by atoms with Gasteiger partial charge >= 0.3 is 0 Å². The Hall–Kier alpha value is -0.730. The molecule has 2 atom stereocenters. The normalized spacial score (nSPS) is 24.2. The highest BCUT2D eigenvalue weighted by atomic mass is 35.5. The highest BCUT2D eigenvalue weighted by Gasteiger charge is 2.25. The molecule has 3 heteroatoms. The molecule has 1 aromatic rings. The lowest BCUT2D eigenvalue weighted by Gasteiger charge is -2.22. The molecule has 1 aromatic carbocycles. The van der Waals surface area contributed by atoms with Crippen molar-refractivity contribution in [1.29, 1.82) is 0 Å². The van der Waals surface area contributed by atoms with Gasteiger partial charge in [-0.2, -0.15) is 0 Å². The van der Waals surface area contributed by atoms with Crippen LogP contribution in [0.15, 0.2) is 18.2 Å². The molecule has 0 aromatic heterocycles. The molecule has 19 heavy (non-hydrogen) atoms. The van der Waals surface area contributed by atoms with Crippen LogP contribution < -0.4 is 10.1 Å². The van der Waals surface area contributed by atoms with Crippen molar-refractivity contribution in [2.75, 3.05) is 6.54 Å². The van der Waals surface area contributed by atoms with E-state index in [0.29, 0.717) is 6.04 Å². The molecule has 0 saturated heterocycles. The van der Waals surface area contributed by atoms with Crippen molar-refractivity contribution in [3.63, 3.8) is 0 Å². The fourth-order valence-corrected chi connectivity index (χ4v) is 3.54. The van der Waals surface area contributed by atoms with Gasteiger partial charge in [-0.15, -0.1) is 0 Å². The van der Waals surface area contributed by atoms with E-state index in [2.05, 4.69) is 12.2 Å². The number of halogens is 1. The maximum absolute atomic E-state index is 6.01. The van der Waals surface area contributed by atoms with Gasteiger partial charge in [-0.25, -0.2) is 0 Å². The van der Waals surface area contributed by atoms with E-state index in [0.717, 1.165) is 29.7 Å². The predicted octanol–water partition coefficient (Wildman–Crippen LogP) is 3.81. The second-order valence-electron chi connectivity index (χ2n) is 5.94. The summed E-state index contributed by atoms with van der Waals surface area (Å²) in [5, 5.41) is 4.46. The Balaban J connectivity index is 1.50. The molecule has 1 saturated carbocycles. The summed E-state index contributed by atoms with van der Waals surface area (Å²) in [7, 11) is 0. The molecule has 1 aliphatic heterocycles. The molecule has 0 amide bonds. The fraction of sp³-hybridized carbons (Fsp3) is 0.625. The van der Waals surface area contributed by atoms with E-state index in [-0.39, 0.29) is 6.10 Å². The van der Waals surface area contributed by atoms with Gasteiger partial charge in [0.25, 0.3) is 0 Å². The molecule has 2 nitrogen and oxygen atoms in total. The van der Waals surface area contributed by atoms with Gasteiger partial charge in [-0.1, -0.05) is 24.4 Å². The van der Waals surface area contributed by atoms with Gasteiger partial charge in [0.1, 0.15) is 11.9 Å². The molecule has 1 fully saturated rings. The lowest BCUT2D eigenvalue weighted by molar-refractivity contribution is 0.214. The number of rotatable bonds is 4. The van der Waals surface area contributed by atoms with Crippen LogP contribution in [-0.2, 0) is 6.42 Å². The van der Waals surface area contributed by atoms with E-state index in [1.165, 1.54) is 31.2 Å². The van der Waals surface area contributed by atoms with Gasteiger partial charge in [0, 0.05) is 24.0 Å². The Kier molecular flexibility index (Phi) is 3.99. The predicted molar refractivity (Wildman–Crippen MR) is 79.0 cm³/mol. The third-order valence-corrected chi connectivity index (χ3v) is 4.77. The van der Waals surface area contributed by atoms with Gasteiger partial charge < -0.3 is 10.1 Å². The number of nitrogens with one attached hydrogen (secondary N) is 1. The summed E-state index contributed by atoms with van der Waals surface area (Å²) >= 11 is 6.01. The zero-order chi connectivity index (χ0) is 13.2. The second-order valence-corrected chi connectivity index (χ2v) is 6.37. The average Bonchev–Trinajstić information content (AvgIpc) is 3.04. The van der Waals surface area contributed by atoms with Crippen molar-refractivity contribution in [3.05, 3.63) is 28.8 Å². The maximum Gasteiger partial charge on any atom is 0.123 e. The first-order valence-electron chi connectivity index (χ1n) is 7.41. The largest absolute Gasteiger partial charge is 0.488 e. The van der Waals surface area contributed by atoms with Crippen LogP contribution in [0.25, 0.3) is 0 Å². The summed E-state index contributed by atoms with van der Waals surface area (Å²) in [6, 6.07) is 6.52. The van der Waals surface area contributed by atoms with Crippen LogP contribution in [-0.4, -0.2) is 18.7 Å². The van der Waals surface area contributed by atoms with Crippen LogP contribution in [0, 0.1) is 5.92 Å². The molecule has 3 rings (SSSR count). The molecule has 0 bridgehead atoms. The third kappa shape index (κ3) is 3.06. The van der Waals surface area contributed by atoms with Crippen LogP contribution in [0.4, 0.5) is 0 Å². The van der Waals surface area contributed by atoms with Crippen LogP contribution in [0.2, 0.25) is 5.02 Å². The summed E-state index contributed by atoms with van der Waals surface area (Å²) in [5.74, 6) is 1.86. The standard InChI is InChI=1S/C16H22ClNO/c1-11(12-4-2-3-5-12)18-10-15-9-13-8-14(17)6-7-16(13)19-15/h6-8,11-12,15,18H,2-5,9-10H2,1H3. The lowest BCUT2D eigenvalue weighted by atomic mass is 9.99. The first kappa shape index (κ1) is 13.3. The third-order valence-electron chi connectivity index (χ3n) is 4.54. The van der Waals surface area contributed by atoms with Gasteiger partial charge in [-0.05, 0) is 49.4 Å². The molecule has 1 N–H and O–H groups in total. The molecule has 104 valence electrons. The van der Waals surface area contributed by atoms with Gasteiger partial charge in [-0.3, -0.25) is 0 Å². The van der Waals surface area contributed by atoms with E-state index >= 15 is 0 Å².